The van der Waals surface area contributed by atoms with Crippen molar-refractivity contribution >= 4 is 11.4 Å². The van der Waals surface area contributed by atoms with Crippen molar-refractivity contribution in [3.8, 4) is 5.75 Å². The molecule has 0 aliphatic carbocycles. The zero-order valence-electron chi connectivity index (χ0n) is 11.1. The highest BCUT2D eigenvalue weighted by Crippen LogP contribution is 2.34. The van der Waals surface area contributed by atoms with E-state index in [2.05, 4.69) is 4.90 Å². The molecule has 20 heavy (non-hydrogen) atoms. The molecular weight excluding hydrogens is 264 g/mol. The summed E-state index contributed by atoms with van der Waals surface area (Å²) in [6, 6.07) is 4.48. The van der Waals surface area contributed by atoms with Crippen LogP contribution in [0.25, 0.3) is 0 Å². The highest BCUT2D eigenvalue weighted by molar-refractivity contribution is 5.62. The van der Waals surface area contributed by atoms with Gasteiger partial charge < -0.3 is 19.8 Å². The average Bonchev–Trinajstić information content (AvgIpc) is 2.98. The van der Waals surface area contributed by atoms with Crippen molar-refractivity contribution in [1.29, 1.82) is 0 Å². The molecule has 0 amide bonds. The summed E-state index contributed by atoms with van der Waals surface area (Å²) >= 11 is 0. The fraction of sp³-hybridized carbons (Fsp3) is 0.538. The lowest BCUT2D eigenvalue weighted by Gasteiger charge is -2.21. The molecule has 1 atom stereocenters. The largest absolute Gasteiger partial charge is 0.488 e. The van der Waals surface area contributed by atoms with E-state index in [1.807, 2.05) is 0 Å². The van der Waals surface area contributed by atoms with E-state index in [0.717, 1.165) is 31.6 Å². The number of nitrogens with zero attached hydrogens (tertiary/aromatic N) is 2. The smallest absolute Gasteiger partial charge is 0.273 e. The van der Waals surface area contributed by atoms with Gasteiger partial charge in [0.1, 0.15) is 18.5 Å². The first-order chi connectivity index (χ1) is 9.61. The summed E-state index contributed by atoms with van der Waals surface area (Å²) in [5, 5.41) is 28.9. The topological polar surface area (TPSA) is 96.1 Å². The number of anilines is 1. The van der Waals surface area contributed by atoms with E-state index in [-0.39, 0.29) is 12.3 Å². The molecule has 110 valence electrons. The van der Waals surface area contributed by atoms with E-state index in [4.69, 9.17) is 9.84 Å². The molecule has 1 fully saturated rings. The van der Waals surface area contributed by atoms with Crippen molar-refractivity contribution in [3.05, 3.63) is 28.3 Å². The van der Waals surface area contributed by atoms with Crippen LogP contribution in [0, 0.1) is 10.1 Å². The van der Waals surface area contributed by atoms with Crippen LogP contribution in [0.1, 0.15) is 12.8 Å². The molecule has 2 rings (SSSR count). The van der Waals surface area contributed by atoms with Gasteiger partial charge in [-0.25, -0.2) is 0 Å². The van der Waals surface area contributed by atoms with Crippen molar-refractivity contribution < 1.29 is 19.9 Å². The lowest BCUT2D eigenvalue weighted by Crippen LogP contribution is -2.23. The zero-order valence-corrected chi connectivity index (χ0v) is 11.1. The number of benzene rings is 1. The van der Waals surface area contributed by atoms with Crippen LogP contribution in [0.4, 0.5) is 11.4 Å². The molecule has 7 nitrogen and oxygen atoms in total. The average molecular weight is 282 g/mol. The number of ether oxygens (including phenoxy) is 1. The third kappa shape index (κ3) is 3.37. The normalized spacial score (nSPS) is 16.2. The quantitative estimate of drug-likeness (QED) is 0.595. The molecule has 0 saturated carbocycles. The first kappa shape index (κ1) is 14.5. The van der Waals surface area contributed by atoms with Crippen LogP contribution in [0.2, 0.25) is 0 Å². The molecule has 1 aliphatic rings. The summed E-state index contributed by atoms with van der Waals surface area (Å²) in [6.07, 6.45) is 1.16. The lowest BCUT2D eigenvalue weighted by atomic mass is 10.2. The highest BCUT2D eigenvalue weighted by Gasteiger charge is 2.20. The van der Waals surface area contributed by atoms with Gasteiger partial charge in [0.2, 0.25) is 0 Å². The van der Waals surface area contributed by atoms with E-state index in [1.54, 1.807) is 6.07 Å². The van der Waals surface area contributed by atoms with Crippen LogP contribution in [0.3, 0.4) is 0 Å². The number of non-ortho nitro benzene ring substituents is 1. The number of nitro groups is 1. The Kier molecular flexibility index (Phi) is 4.75. The van der Waals surface area contributed by atoms with Crippen molar-refractivity contribution in [3.63, 3.8) is 0 Å². The minimum Gasteiger partial charge on any atom is -0.488 e. The van der Waals surface area contributed by atoms with Crippen molar-refractivity contribution in [2.75, 3.05) is 31.2 Å². The van der Waals surface area contributed by atoms with Crippen molar-refractivity contribution in [2.45, 2.75) is 18.9 Å². The Morgan fingerprint density at radius 2 is 2.10 bits per heavy atom. The Morgan fingerprint density at radius 1 is 1.40 bits per heavy atom. The summed E-state index contributed by atoms with van der Waals surface area (Å²) in [6.45, 7) is 1.26. The second-order valence-corrected chi connectivity index (χ2v) is 4.75. The minimum atomic E-state index is -0.999. The number of nitro benzene ring substituents is 1. The van der Waals surface area contributed by atoms with Gasteiger partial charge in [-0.15, -0.1) is 0 Å². The van der Waals surface area contributed by atoms with Crippen LogP contribution < -0.4 is 9.64 Å². The van der Waals surface area contributed by atoms with Gasteiger partial charge in [0.15, 0.2) is 0 Å². The SMILES string of the molecule is O=[N+]([O-])c1ccc(N2CCCC2)c(OCC(O)CO)c1. The van der Waals surface area contributed by atoms with E-state index < -0.39 is 17.6 Å². The van der Waals surface area contributed by atoms with Gasteiger partial charge >= 0.3 is 0 Å². The second kappa shape index (κ2) is 6.53. The highest BCUT2D eigenvalue weighted by atomic mass is 16.6. The predicted molar refractivity (Wildman–Crippen MR) is 73.1 cm³/mol. The molecule has 7 heteroatoms. The second-order valence-electron chi connectivity index (χ2n) is 4.75. The monoisotopic (exact) mass is 282 g/mol. The number of rotatable bonds is 6. The Labute approximate surface area is 116 Å². The Bertz CT molecular complexity index is 474. The number of hydrogen-bond donors (Lipinski definition) is 2. The predicted octanol–water partition coefficient (Wildman–Crippen LogP) is 0.927. The molecule has 0 spiro atoms. The summed E-state index contributed by atoms with van der Waals surface area (Å²) in [7, 11) is 0. The number of aliphatic hydroxyl groups excluding tert-OH is 2. The fourth-order valence-corrected chi connectivity index (χ4v) is 2.19. The first-order valence-corrected chi connectivity index (χ1v) is 6.57. The molecule has 1 aromatic carbocycles. The lowest BCUT2D eigenvalue weighted by molar-refractivity contribution is -0.384. The summed E-state index contributed by atoms with van der Waals surface area (Å²) in [5.41, 5.74) is 0.736. The van der Waals surface area contributed by atoms with Gasteiger partial charge in [-0.3, -0.25) is 10.1 Å². The van der Waals surface area contributed by atoms with E-state index >= 15 is 0 Å². The molecule has 1 aromatic rings. The standard InChI is InChI=1S/C13H18N2O5/c16-8-11(17)9-20-13-7-10(15(18)19)3-4-12(13)14-5-1-2-6-14/h3-4,7,11,16-17H,1-2,5-6,8-9H2. The maximum atomic E-state index is 10.8. The third-order valence-corrected chi connectivity index (χ3v) is 3.24. The van der Waals surface area contributed by atoms with E-state index in [0.29, 0.717) is 5.75 Å². The molecule has 1 unspecified atom stereocenters. The number of hydrogen-bond acceptors (Lipinski definition) is 6. The maximum Gasteiger partial charge on any atom is 0.273 e. The molecule has 2 N–H and O–H groups in total. The molecule has 0 bridgehead atoms. The summed E-state index contributed by atoms with van der Waals surface area (Å²) < 4.78 is 5.44. The minimum absolute atomic E-state index is 0.0542. The fourth-order valence-electron chi connectivity index (χ4n) is 2.19. The van der Waals surface area contributed by atoms with Crippen LogP contribution in [0.5, 0.6) is 5.75 Å². The summed E-state index contributed by atoms with van der Waals surface area (Å²) in [4.78, 5) is 12.4. The zero-order chi connectivity index (χ0) is 14.5. The molecule has 1 heterocycles. The maximum absolute atomic E-state index is 10.8. The molecule has 1 saturated heterocycles. The van der Waals surface area contributed by atoms with Gasteiger partial charge in [-0.1, -0.05) is 0 Å². The first-order valence-electron chi connectivity index (χ1n) is 6.57. The molecule has 0 aromatic heterocycles. The van der Waals surface area contributed by atoms with Gasteiger partial charge in [0, 0.05) is 19.2 Å². The van der Waals surface area contributed by atoms with Crippen LogP contribution >= 0.6 is 0 Å². The van der Waals surface area contributed by atoms with Crippen molar-refractivity contribution in [1.82, 2.24) is 0 Å². The van der Waals surface area contributed by atoms with Gasteiger partial charge in [0.05, 0.1) is 23.3 Å². The van der Waals surface area contributed by atoms with Crippen LogP contribution in [0.15, 0.2) is 18.2 Å². The van der Waals surface area contributed by atoms with Crippen LogP contribution in [-0.2, 0) is 0 Å². The molecule has 0 radical (unpaired) electrons. The molecular formula is C13H18N2O5. The van der Waals surface area contributed by atoms with Gasteiger partial charge in [-0.2, -0.15) is 0 Å². The molecule has 1 aliphatic heterocycles. The Balaban J connectivity index is 2.22. The third-order valence-electron chi connectivity index (χ3n) is 3.24. The number of aliphatic hydroxyl groups is 2. The Morgan fingerprint density at radius 3 is 2.70 bits per heavy atom. The van der Waals surface area contributed by atoms with Gasteiger partial charge in [-0.05, 0) is 18.9 Å². The Hall–Kier alpha value is -1.86. The van der Waals surface area contributed by atoms with E-state index in [1.165, 1.54) is 12.1 Å². The van der Waals surface area contributed by atoms with Crippen molar-refractivity contribution in [2.24, 2.45) is 0 Å². The van der Waals surface area contributed by atoms with Crippen LogP contribution in [-0.4, -0.2) is 47.5 Å². The summed E-state index contributed by atoms with van der Waals surface area (Å²) in [5.74, 6) is 0.369. The van der Waals surface area contributed by atoms with E-state index in [9.17, 15) is 15.2 Å². The van der Waals surface area contributed by atoms with Gasteiger partial charge in [0.25, 0.3) is 5.69 Å².